The Morgan fingerprint density at radius 1 is 1.20 bits per heavy atom. The minimum absolute atomic E-state index is 0.0703. The summed E-state index contributed by atoms with van der Waals surface area (Å²) in [4.78, 5) is 13.0. The maximum absolute atomic E-state index is 11.9. The molecule has 1 heterocycles. The van der Waals surface area contributed by atoms with Crippen molar-refractivity contribution in [3.05, 3.63) is 50.7 Å². The normalized spacial score (nSPS) is 12.0. The van der Waals surface area contributed by atoms with Gasteiger partial charge in [-0.15, -0.1) is 11.3 Å². The Kier molecular flexibility index (Phi) is 4.68. The van der Waals surface area contributed by atoms with Crippen molar-refractivity contribution in [2.45, 2.75) is 26.8 Å². The van der Waals surface area contributed by atoms with Crippen molar-refractivity contribution >= 4 is 34.7 Å². The molecule has 2 rings (SSSR count). The average Bonchev–Trinajstić information content (AvgIpc) is 2.80. The Labute approximate surface area is 128 Å². The smallest absolute Gasteiger partial charge is 0.319 e. The predicted octanol–water partition coefficient (Wildman–Crippen LogP) is 4.90. The van der Waals surface area contributed by atoms with Crippen LogP contribution in [0.2, 0.25) is 4.34 Å². The standard InChI is InChI=1S/C15H17ClN2OS/c1-9-4-5-12(8-10(9)2)18-15(19)17-11(3)13-6-7-14(16)20-13/h4-8,11H,1-3H3,(H2,17,18,19). The summed E-state index contributed by atoms with van der Waals surface area (Å²) in [5.74, 6) is 0. The number of urea groups is 1. The fourth-order valence-electron chi connectivity index (χ4n) is 1.82. The second-order valence-corrected chi connectivity index (χ2v) is 6.51. The average molecular weight is 309 g/mol. The van der Waals surface area contributed by atoms with Crippen LogP contribution in [0.4, 0.5) is 10.5 Å². The molecule has 0 saturated carbocycles. The SMILES string of the molecule is Cc1ccc(NC(=O)NC(C)c2ccc(Cl)s2)cc1C. The van der Waals surface area contributed by atoms with Gasteiger partial charge in [-0.2, -0.15) is 0 Å². The molecule has 1 unspecified atom stereocenters. The van der Waals surface area contributed by atoms with Crippen molar-refractivity contribution in [3.8, 4) is 0 Å². The quantitative estimate of drug-likeness (QED) is 0.832. The second kappa shape index (κ2) is 6.29. The molecule has 0 fully saturated rings. The molecule has 2 amide bonds. The van der Waals surface area contributed by atoms with Gasteiger partial charge in [0.05, 0.1) is 10.4 Å². The molecule has 0 aliphatic heterocycles. The summed E-state index contributed by atoms with van der Waals surface area (Å²) in [6.45, 7) is 6.00. The summed E-state index contributed by atoms with van der Waals surface area (Å²) in [7, 11) is 0. The molecule has 1 aromatic heterocycles. The number of amides is 2. The van der Waals surface area contributed by atoms with Gasteiger partial charge in [-0.25, -0.2) is 4.79 Å². The Bertz CT molecular complexity index is 624. The molecule has 1 aromatic carbocycles. The molecular weight excluding hydrogens is 292 g/mol. The third-order valence-corrected chi connectivity index (χ3v) is 4.55. The fraction of sp³-hybridized carbons (Fsp3) is 0.267. The highest BCUT2D eigenvalue weighted by Crippen LogP contribution is 2.26. The first-order chi connectivity index (χ1) is 9.45. The van der Waals surface area contributed by atoms with Crippen LogP contribution in [0.25, 0.3) is 0 Å². The molecule has 2 aromatic rings. The number of benzene rings is 1. The number of hydrogen-bond donors (Lipinski definition) is 2. The van der Waals surface area contributed by atoms with Crippen LogP contribution in [-0.4, -0.2) is 6.03 Å². The predicted molar refractivity (Wildman–Crippen MR) is 85.8 cm³/mol. The van der Waals surface area contributed by atoms with E-state index in [0.717, 1.165) is 20.5 Å². The Balaban J connectivity index is 1.96. The molecule has 20 heavy (non-hydrogen) atoms. The van der Waals surface area contributed by atoms with E-state index in [2.05, 4.69) is 10.6 Å². The van der Waals surface area contributed by atoms with Gasteiger partial charge in [0.25, 0.3) is 0 Å². The number of halogens is 1. The van der Waals surface area contributed by atoms with Gasteiger partial charge in [-0.1, -0.05) is 17.7 Å². The molecule has 0 aliphatic carbocycles. The zero-order chi connectivity index (χ0) is 14.7. The van der Waals surface area contributed by atoms with E-state index in [9.17, 15) is 4.79 Å². The molecule has 3 nitrogen and oxygen atoms in total. The number of hydrogen-bond acceptors (Lipinski definition) is 2. The monoisotopic (exact) mass is 308 g/mol. The summed E-state index contributed by atoms with van der Waals surface area (Å²) < 4.78 is 0.725. The lowest BCUT2D eigenvalue weighted by atomic mass is 10.1. The van der Waals surface area contributed by atoms with E-state index in [1.807, 2.05) is 51.1 Å². The lowest BCUT2D eigenvalue weighted by Crippen LogP contribution is -2.30. The van der Waals surface area contributed by atoms with Gasteiger partial charge >= 0.3 is 6.03 Å². The van der Waals surface area contributed by atoms with E-state index in [0.29, 0.717) is 0 Å². The zero-order valence-electron chi connectivity index (χ0n) is 11.7. The summed E-state index contributed by atoms with van der Waals surface area (Å²) in [5.41, 5.74) is 3.15. The highest BCUT2D eigenvalue weighted by atomic mass is 35.5. The van der Waals surface area contributed by atoms with Gasteiger partial charge < -0.3 is 10.6 Å². The summed E-state index contributed by atoms with van der Waals surface area (Å²) in [6.07, 6.45) is 0. The van der Waals surface area contributed by atoms with Crippen LogP contribution >= 0.6 is 22.9 Å². The number of carbonyl (C=O) groups is 1. The minimum Gasteiger partial charge on any atom is -0.331 e. The van der Waals surface area contributed by atoms with E-state index in [-0.39, 0.29) is 12.1 Å². The first-order valence-electron chi connectivity index (χ1n) is 6.35. The van der Waals surface area contributed by atoms with Crippen molar-refractivity contribution in [2.24, 2.45) is 0 Å². The van der Waals surface area contributed by atoms with Gasteiger partial charge in [-0.05, 0) is 56.2 Å². The first-order valence-corrected chi connectivity index (χ1v) is 7.55. The van der Waals surface area contributed by atoms with Gasteiger partial charge in [0.2, 0.25) is 0 Å². The van der Waals surface area contributed by atoms with E-state index in [1.54, 1.807) is 0 Å². The second-order valence-electron chi connectivity index (χ2n) is 4.76. The number of thiophene rings is 1. The number of anilines is 1. The Morgan fingerprint density at radius 3 is 2.55 bits per heavy atom. The molecule has 0 bridgehead atoms. The topological polar surface area (TPSA) is 41.1 Å². The largest absolute Gasteiger partial charge is 0.331 e. The summed E-state index contributed by atoms with van der Waals surface area (Å²) >= 11 is 7.36. The fourth-order valence-corrected chi connectivity index (χ4v) is 2.88. The van der Waals surface area contributed by atoms with Gasteiger partial charge in [0, 0.05) is 10.6 Å². The first kappa shape index (κ1) is 14.9. The zero-order valence-corrected chi connectivity index (χ0v) is 13.2. The highest BCUT2D eigenvalue weighted by molar-refractivity contribution is 7.16. The maximum Gasteiger partial charge on any atom is 0.319 e. The van der Waals surface area contributed by atoms with Crippen molar-refractivity contribution < 1.29 is 4.79 Å². The van der Waals surface area contributed by atoms with Crippen molar-refractivity contribution in [1.29, 1.82) is 0 Å². The number of carbonyl (C=O) groups excluding carboxylic acids is 1. The Morgan fingerprint density at radius 2 is 1.95 bits per heavy atom. The van der Waals surface area contributed by atoms with Crippen LogP contribution in [0.5, 0.6) is 0 Å². The lowest BCUT2D eigenvalue weighted by Gasteiger charge is -2.13. The molecular formula is C15H17ClN2OS. The van der Waals surface area contributed by atoms with Crippen LogP contribution in [0.3, 0.4) is 0 Å². The summed E-state index contributed by atoms with van der Waals surface area (Å²) in [6, 6.07) is 9.32. The highest BCUT2D eigenvalue weighted by Gasteiger charge is 2.11. The molecule has 5 heteroatoms. The van der Waals surface area contributed by atoms with Gasteiger partial charge in [0.1, 0.15) is 0 Å². The lowest BCUT2D eigenvalue weighted by molar-refractivity contribution is 0.249. The number of rotatable bonds is 3. The van der Waals surface area contributed by atoms with Gasteiger partial charge in [-0.3, -0.25) is 0 Å². The molecule has 0 radical (unpaired) electrons. The van der Waals surface area contributed by atoms with Crippen LogP contribution in [-0.2, 0) is 0 Å². The Hall–Kier alpha value is -1.52. The number of nitrogens with one attached hydrogen (secondary N) is 2. The number of aryl methyl sites for hydroxylation is 2. The third-order valence-electron chi connectivity index (χ3n) is 3.13. The van der Waals surface area contributed by atoms with Gasteiger partial charge in [0.15, 0.2) is 0 Å². The van der Waals surface area contributed by atoms with Crippen LogP contribution in [0.15, 0.2) is 30.3 Å². The van der Waals surface area contributed by atoms with E-state index >= 15 is 0 Å². The molecule has 0 aliphatic rings. The molecule has 2 N–H and O–H groups in total. The van der Waals surface area contributed by atoms with Crippen LogP contribution in [0, 0.1) is 13.8 Å². The third kappa shape index (κ3) is 3.74. The molecule has 106 valence electrons. The maximum atomic E-state index is 11.9. The van der Waals surface area contributed by atoms with E-state index < -0.39 is 0 Å². The van der Waals surface area contributed by atoms with Crippen molar-refractivity contribution in [1.82, 2.24) is 5.32 Å². The summed E-state index contributed by atoms with van der Waals surface area (Å²) in [5, 5.41) is 5.73. The van der Waals surface area contributed by atoms with Crippen molar-refractivity contribution in [2.75, 3.05) is 5.32 Å². The van der Waals surface area contributed by atoms with Crippen molar-refractivity contribution in [3.63, 3.8) is 0 Å². The minimum atomic E-state index is -0.217. The van der Waals surface area contributed by atoms with E-state index in [1.165, 1.54) is 16.9 Å². The van der Waals surface area contributed by atoms with E-state index in [4.69, 9.17) is 11.6 Å². The molecule has 0 spiro atoms. The molecule has 0 saturated heterocycles. The van der Waals surface area contributed by atoms with Crippen LogP contribution < -0.4 is 10.6 Å². The molecule has 1 atom stereocenters. The van der Waals surface area contributed by atoms with Crippen LogP contribution in [0.1, 0.15) is 29.0 Å².